The number of rotatable bonds is 4. The number of nitrogens with zero attached hydrogens (tertiary/aromatic N) is 1. The van der Waals surface area contributed by atoms with E-state index in [1.54, 1.807) is 43.3 Å². The van der Waals surface area contributed by atoms with Gasteiger partial charge in [-0.15, -0.1) is 11.3 Å². The van der Waals surface area contributed by atoms with Crippen LogP contribution in [0, 0.1) is 18.8 Å². The number of para-hydroxylation sites is 1. The molecule has 0 aliphatic carbocycles. The van der Waals surface area contributed by atoms with Crippen molar-refractivity contribution in [3.05, 3.63) is 52.2 Å². The zero-order valence-corrected chi connectivity index (χ0v) is 15.3. The molecule has 4 unspecified atom stereocenters. The number of carboxylic acid groups (broad SMARTS) is 1. The van der Waals surface area contributed by atoms with Crippen LogP contribution in [0.4, 0.5) is 5.69 Å². The molecule has 0 bridgehead atoms. The number of aryl methyl sites for hydroxylation is 1. The molecule has 1 aromatic carbocycles. The van der Waals surface area contributed by atoms with Gasteiger partial charge in [0.2, 0.25) is 11.8 Å². The summed E-state index contributed by atoms with van der Waals surface area (Å²) >= 11 is 1.38. The Balaban J connectivity index is 1.87. The molecule has 8 heteroatoms. The molecule has 3 N–H and O–H groups in total. The van der Waals surface area contributed by atoms with E-state index in [-0.39, 0.29) is 0 Å². The molecular formula is C19H18N2O5S. The Hall–Kier alpha value is -2.55. The van der Waals surface area contributed by atoms with E-state index < -0.39 is 47.8 Å². The molecule has 2 fully saturated rings. The zero-order chi connectivity index (χ0) is 19.3. The molecular weight excluding hydrogens is 368 g/mol. The van der Waals surface area contributed by atoms with Crippen LogP contribution in [0.1, 0.15) is 16.5 Å². The third-order valence-corrected chi connectivity index (χ3v) is 6.45. The molecule has 1 aromatic heterocycles. The first-order chi connectivity index (χ1) is 12.9. The Labute approximate surface area is 159 Å². The van der Waals surface area contributed by atoms with Gasteiger partial charge in [0.15, 0.2) is 5.54 Å². The van der Waals surface area contributed by atoms with Crippen molar-refractivity contribution in [2.24, 2.45) is 11.8 Å². The van der Waals surface area contributed by atoms with Crippen molar-refractivity contribution in [3.63, 3.8) is 0 Å². The number of hydrogen-bond acceptors (Lipinski definition) is 6. The Morgan fingerprint density at radius 1 is 1.22 bits per heavy atom. The van der Waals surface area contributed by atoms with Gasteiger partial charge in [-0.3, -0.25) is 19.7 Å². The molecule has 140 valence electrons. The van der Waals surface area contributed by atoms with E-state index in [0.717, 1.165) is 15.3 Å². The SMILES string of the molecule is Cc1ccccc1N1C(=O)C2C(c3cccs3)NC(CO)(C(=O)O)C2C1=O. The van der Waals surface area contributed by atoms with Crippen molar-refractivity contribution >= 4 is 34.8 Å². The van der Waals surface area contributed by atoms with Gasteiger partial charge in [-0.25, -0.2) is 4.90 Å². The van der Waals surface area contributed by atoms with Crippen molar-refractivity contribution < 1.29 is 24.6 Å². The van der Waals surface area contributed by atoms with Crippen molar-refractivity contribution in [1.29, 1.82) is 0 Å². The van der Waals surface area contributed by atoms with Crippen molar-refractivity contribution in [1.82, 2.24) is 5.32 Å². The molecule has 0 spiro atoms. The fraction of sp³-hybridized carbons (Fsp3) is 0.316. The van der Waals surface area contributed by atoms with Gasteiger partial charge in [0, 0.05) is 4.88 Å². The summed E-state index contributed by atoms with van der Waals surface area (Å²) in [6.45, 7) is 1.00. The summed E-state index contributed by atoms with van der Waals surface area (Å²) in [7, 11) is 0. The molecule has 2 aliphatic heterocycles. The maximum absolute atomic E-state index is 13.3. The molecule has 7 nitrogen and oxygen atoms in total. The highest BCUT2D eigenvalue weighted by Gasteiger charge is 2.69. The summed E-state index contributed by atoms with van der Waals surface area (Å²) in [6, 6.07) is 9.93. The number of aliphatic carboxylic acids is 1. The van der Waals surface area contributed by atoms with E-state index in [9.17, 15) is 24.6 Å². The summed E-state index contributed by atoms with van der Waals surface area (Å²) in [4.78, 5) is 40.4. The molecule has 2 amide bonds. The quantitative estimate of drug-likeness (QED) is 0.685. The third-order valence-electron chi connectivity index (χ3n) is 5.49. The van der Waals surface area contributed by atoms with E-state index in [0.29, 0.717) is 5.69 Å². The van der Waals surface area contributed by atoms with Gasteiger partial charge in [-0.1, -0.05) is 24.3 Å². The van der Waals surface area contributed by atoms with E-state index in [1.165, 1.54) is 11.3 Å². The number of carbonyl (C=O) groups is 3. The van der Waals surface area contributed by atoms with E-state index in [4.69, 9.17) is 0 Å². The Kier molecular flexibility index (Phi) is 4.14. The molecule has 4 atom stereocenters. The molecule has 27 heavy (non-hydrogen) atoms. The third kappa shape index (κ3) is 2.37. The summed E-state index contributed by atoms with van der Waals surface area (Å²) in [5, 5.41) is 24.5. The summed E-state index contributed by atoms with van der Waals surface area (Å²) in [5.41, 5.74) is -0.711. The Bertz CT molecular complexity index is 928. The van der Waals surface area contributed by atoms with Gasteiger partial charge in [0.05, 0.1) is 30.2 Å². The first-order valence-corrected chi connectivity index (χ1v) is 9.39. The number of imide groups is 1. The van der Waals surface area contributed by atoms with Crippen LogP contribution in [-0.2, 0) is 14.4 Å². The smallest absolute Gasteiger partial charge is 0.327 e. The van der Waals surface area contributed by atoms with Crippen LogP contribution in [0.15, 0.2) is 41.8 Å². The number of carbonyl (C=O) groups excluding carboxylic acids is 2. The first kappa shape index (κ1) is 17.8. The van der Waals surface area contributed by atoms with Crippen LogP contribution in [0.5, 0.6) is 0 Å². The van der Waals surface area contributed by atoms with Gasteiger partial charge in [0.25, 0.3) is 0 Å². The van der Waals surface area contributed by atoms with Crippen LogP contribution < -0.4 is 10.2 Å². The lowest BCUT2D eigenvalue weighted by atomic mass is 9.80. The molecule has 2 aliphatic rings. The van der Waals surface area contributed by atoms with Crippen LogP contribution in [0.2, 0.25) is 0 Å². The maximum Gasteiger partial charge on any atom is 0.327 e. The van der Waals surface area contributed by atoms with Gasteiger partial charge in [-0.05, 0) is 30.0 Å². The first-order valence-electron chi connectivity index (χ1n) is 8.51. The van der Waals surface area contributed by atoms with Crippen LogP contribution in [0.25, 0.3) is 0 Å². The lowest BCUT2D eigenvalue weighted by Crippen LogP contribution is -2.58. The fourth-order valence-corrected chi connectivity index (χ4v) is 5.00. The summed E-state index contributed by atoms with van der Waals surface area (Å²) in [6.07, 6.45) is 0. The number of fused-ring (bicyclic) bond motifs is 1. The monoisotopic (exact) mass is 386 g/mol. The highest BCUT2D eigenvalue weighted by molar-refractivity contribution is 7.10. The second kappa shape index (κ2) is 6.26. The van der Waals surface area contributed by atoms with E-state index >= 15 is 0 Å². The van der Waals surface area contributed by atoms with Gasteiger partial charge >= 0.3 is 5.97 Å². The predicted molar refractivity (Wildman–Crippen MR) is 98.3 cm³/mol. The minimum absolute atomic E-state index is 0.443. The molecule has 4 rings (SSSR count). The normalized spacial score (nSPS) is 30.0. The van der Waals surface area contributed by atoms with Gasteiger partial charge in [0.1, 0.15) is 0 Å². The number of amides is 2. The van der Waals surface area contributed by atoms with Crippen LogP contribution in [-0.4, -0.2) is 40.1 Å². The topological polar surface area (TPSA) is 107 Å². The second-order valence-corrected chi connectivity index (χ2v) is 7.85. The minimum Gasteiger partial charge on any atom is -0.480 e. The summed E-state index contributed by atoms with van der Waals surface area (Å²) < 4.78 is 0. The average Bonchev–Trinajstić information content (AvgIpc) is 3.33. The van der Waals surface area contributed by atoms with Gasteiger partial charge in [-0.2, -0.15) is 0 Å². The van der Waals surface area contributed by atoms with E-state index in [2.05, 4.69) is 5.32 Å². The maximum atomic E-state index is 13.3. The lowest BCUT2D eigenvalue weighted by molar-refractivity contribution is -0.150. The molecule has 0 saturated carbocycles. The van der Waals surface area contributed by atoms with Crippen LogP contribution >= 0.6 is 11.3 Å². The highest BCUT2D eigenvalue weighted by atomic mass is 32.1. The number of aliphatic hydroxyl groups is 1. The second-order valence-electron chi connectivity index (χ2n) is 6.87. The van der Waals surface area contributed by atoms with Crippen LogP contribution in [0.3, 0.4) is 0 Å². The standard InChI is InChI=1S/C19H18N2O5S/c1-10-5-2-3-6-11(10)21-16(23)13-14(17(21)24)19(9-22,18(25)26)20-15(13)12-7-4-8-27-12/h2-8,13-15,20,22H,9H2,1H3,(H,25,26). The largest absolute Gasteiger partial charge is 0.480 e. The number of thiophene rings is 1. The molecule has 3 heterocycles. The molecule has 2 aromatic rings. The lowest BCUT2D eigenvalue weighted by Gasteiger charge is -2.29. The van der Waals surface area contributed by atoms with Gasteiger partial charge < -0.3 is 10.2 Å². The van der Waals surface area contributed by atoms with Crippen molar-refractivity contribution in [3.8, 4) is 0 Å². The number of nitrogens with one attached hydrogen (secondary N) is 1. The Morgan fingerprint density at radius 3 is 2.56 bits per heavy atom. The van der Waals surface area contributed by atoms with Crippen molar-refractivity contribution in [2.45, 2.75) is 18.5 Å². The number of aliphatic hydroxyl groups excluding tert-OH is 1. The minimum atomic E-state index is -1.90. The predicted octanol–water partition coefficient (Wildman–Crippen LogP) is 1.32. The fourth-order valence-electron chi connectivity index (χ4n) is 4.18. The molecule has 0 radical (unpaired) electrons. The van der Waals surface area contributed by atoms with E-state index in [1.807, 2.05) is 5.38 Å². The number of hydrogen-bond donors (Lipinski definition) is 3. The Morgan fingerprint density at radius 2 is 1.96 bits per heavy atom. The number of anilines is 1. The number of benzene rings is 1. The van der Waals surface area contributed by atoms with Crippen molar-refractivity contribution in [2.75, 3.05) is 11.5 Å². The average molecular weight is 386 g/mol. The number of carboxylic acids is 1. The molecule has 2 saturated heterocycles. The highest BCUT2D eigenvalue weighted by Crippen LogP contribution is 2.50. The summed E-state index contributed by atoms with van der Waals surface area (Å²) in [5.74, 6) is -4.45. The zero-order valence-electron chi connectivity index (χ0n) is 14.5.